The molecule has 0 atom stereocenters. The number of rotatable bonds is 6. The summed E-state index contributed by atoms with van der Waals surface area (Å²) < 4.78 is 0. The fourth-order valence-corrected chi connectivity index (χ4v) is 1.95. The Morgan fingerprint density at radius 3 is 2.42 bits per heavy atom. The molecule has 0 aliphatic heterocycles. The summed E-state index contributed by atoms with van der Waals surface area (Å²) in [5.74, 6) is -0.447. The van der Waals surface area contributed by atoms with Gasteiger partial charge in [-0.3, -0.25) is 9.59 Å². The molecule has 2 amide bonds. The predicted molar refractivity (Wildman–Crippen MR) is 92.9 cm³/mol. The maximum absolute atomic E-state index is 11.8. The Morgan fingerprint density at radius 1 is 1.04 bits per heavy atom. The molecule has 0 aromatic heterocycles. The number of nitriles is 1. The van der Waals surface area contributed by atoms with Crippen LogP contribution in [0.3, 0.4) is 0 Å². The maximum Gasteiger partial charge on any atom is 0.244 e. The van der Waals surface area contributed by atoms with Crippen LogP contribution in [0.25, 0.3) is 6.08 Å². The molecule has 0 heterocycles. The molecule has 2 N–H and O–H groups in total. The molecule has 0 saturated carbocycles. The summed E-state index contributed by atoms with van der Waals surface area (Å²) in [5, 5.41) is 14.1. The molecule has 24 heavy (non-hydrogen) atoms. The summed E-state index contributed by atoms with van der Waals surface area (Å²) in [6.07, 6.45) is 3.32. The van der Waals surface area contributed by atoms with Crippen molar-refractivity contribution in [3.63, 3.8) is 0 Å². The van der Waals surface area contributed by atoms with Crippen molar-refractivity contribution in [2.45, 2.75) is 6.42 Å². The first kappa shape index (κ1) is 17.0. The van der Waals surface area contributed by atoms with E-state index in [-0.39, 0.29) is 24.8 Å². The Balaban J connectivity index is 1.71. The van der Waals surface area contributed by atoms with Gasteiger partial charge in [0.05, 0.1) is 11.6 Å². The van der Waals surface area contributed by atoms with E-state index in [1.807, 2.05) is 36.4 Å². The van der Waals surface area contributed by atoms with Crippen LogP contribution in [0.4, 0.5) is 5.69 Å². The van der Waals surface area contributed by atoms with Crippen molar-refractivity contribution in [2.24, 2.45) is 0 Å². The summed E-state index contributed by atoms with van der Waals surface area (Å²) in [6, 6.07) is 18.1. The minimum atomic E-state index is -0.245. The fraction of sp³-hybridized carbons (Fsp3) is 0.105. The molecule has 0 spiro atoms. The molecule has 2 rings (SSSR count). The highest BCUT2D eigenvalue weighted by molar-refractivity contribution is 5.93. The number of hydrogen-bond acceptors (Lipinski definition) is 3. The second-order valence-electron chi connectivity index (χ2n) is 5.02. The third kappa shape index (κ3) is 5.78. The number of benzene rings is 2. The fourth-order valence-electron chi connectivity index (χ4n) is 1.95. The van der Waals surface area contributed by atoms with Crippen LogP contribution in [-0.4, -0.2) is 18.4 Å². The predicted octanol–water partition coefficient (Wildman–Crippen LogP) is 2.72. The van der Waals surface area contributed by atoms with Crippen molar-refractivity contribution in [1.82, 2.24) is 5.32 Å². The Bertz CT molecular complexity index is 759. The Morgan fingerprint density at radius 2 is 1.75 bits per heavy atom. The normalized spacial score (nSPS) is 10.1. The van der Waals surface area contributed by atoms with Crippen molar-refractivity contribution in [3.8, 4) is 6.07 Å². The maximum atomic E-state index is 11.8. The van der Waals surface area contributed by atoms with Crippen molar-refractivity contribution in [3.05, 3.63) is 71.8 Å². The molecule has 0 saturated heterocycles. The Hall–Kier alpha value is -3.39. The molecule has 5 nitrogen and oxygen atoms in total. The SMILES string of the molecule is N#Cc1ccc(NC(=O)CCNC(=O)/C=C/c2ccccc2)cc1. The smallest absolute Gasteiger partial charge is 0.244 e. The molecule has 0 unspecified atom stereocenters. The van der Waals surface area contributed by atoms with E-state index in [0.29, 0.717) is 11.3 Å². The van der Waals surface area contributed by atoms with E-state index in [9.17, 15) is 9.59 Å². The second kappa shape index (κ2) is 8.91. The largest absolute Gasteiger partial charge is 0.352 e. The lowest BCUT2D eigenvalue weighted by atomic mass is 10.2. The molecule has 0 bridgehead atoms. The van der Waals surface area contributed by atoms with E-state index in [1.165, 1.54) is 6.08 Å². The first-order chi connectivity index (χ1) is 11.7. The van der Waals surface area contributed by atoms with Crippen LogP contribution in [-0.2, 0) is 9.59 Å². The molecular formula is C19H17N3O2. The Kier molecular flexibility index (Phi) is 6.30. The van der Waals surface area contributed by atoms with Gasteiger partial charge < -0.3 is 10.6 Å². The van der Waals surface area contributed by atoms with Gasteiger partial charge in [0.15, 0.2) is 0 Å². The molecule has 0 radical (unpaired) electrons. The van der Waals surface area contributed by atoms with Crippen molar-refractivity contribution in [1.29, 1.82) is 5.26 Å². The zero-order valence-corrected chi connectivity index (χ0v) is 13.0. The number of amides is 2. The first-order valence-electron chi connectivity index (χ1n) is 7.48. The van der Waals surface area contributed by atoms with Crippen LogP contribution in [0.2, 0.25) is 0 Å². The van der Waals surface area contributed by atoms with Crippen molar-refractivity contribution >= 4 is 23.6 Å². The van der Waals surface area contributed by atoms with Gasteiger partial charge in [0, 0.05) is 24.7 Å². The molecule has 2 aromatic carbocycles. The van der Waals surface area contributed by atoms with Gasteiger partial charge in [0.1, 0.15) is 0 Å². The van der Waals surface area contributed by atoms with E-state index in [2.05, 4.69) is 10.6 Å². The van der Waals surface area contributed by atoms with Crippen LogP contribution in [0.1, 0.15) is 17.5 Å². The lowest BCUT2D eigenvalue weighted by molar-refractivity contribution is -0.117. The number of carbonyl (C=O) groups excluding carboxylic acids is 2. The number of hydrogen-bond donors (Lipinski definition) is 2. The highest BCUT2D eigenvalue weighted by Crippen LogP contribution is 2.08. The topological polar surface area (TPSA) is 82.0 Å². The number of carbonyl (C=O) groups is 2. The zero-order valence-electron chi connectivity index (χ0n) is 13.0. The van der Waals surface area contributed by atoms with Crippen LogP contribution < -0.4 is 10.6 Å². The summed E-state index contributed by atoms with van der Waals surface area (Å²) in [6.45, 7) is 0.250. The highest BCUT2D eigenvalue weighted by atomic mass is 16.2. The molecule has 120 valence electrons. The average molecular weight is 319 g/mol. The lowest BCUT2D eigenvalue weighted by Crippen LogP contribution is -2.26. The first-order valence-corrected chi connectivity index (χ1v) is 7.48. The van der Waals surface area contributed by atoms with Gasteiger partial charge in [-0.25, -0.2) is 0 Å². The van der Waals surface area contributed by atoms with Crippen LogP contribution in [0.15, 0.2) is 60.7 Å². The van der Waals surface area contributed by atoms with Crippen LogP contribution >= 0.6 is 0 Å². The zero-order chi connectivity index (χ0) is 17.2. The number of nitrogens with zero attached hydrogens (tertiary/aromatic N) is 1. The van der Waals surface area contributed by atoms with Gasteiger partial charge in [-0.1, -0.05) is 30.3 Å². The molecule has 0 aliphatic rings. The lowest BCUT2D eigenvalue weighted by Gasteiger charge is -2.05. The molecular weight excluding hydrogens is 302 g/mol. The number of anilines is 1. The van der Waals surface area contributed by atoms with Gasteiger partial charge in [0.25, 0.3) is 0 Å². The Labute approximate surface area is 140 Å². The van der Waals surface area contributed by atoms with Gasteiger partial charge in [-0.05, 0) is 35.9 Å². The van der Waals surface area contributed by atoms with Gasteiger partial charge in [-0.15, -0.1) is 0 Å². The van der Waals surface area contributed by atoms with Crippen LogP contribution in [0, 0.1) is 11.3 Å². The molecule has 0 fully saturated rings. The molecule has 0 aliphatic carbocycles. The second-order valence-corrected chi connectivity index (χ2v) is 5.02. The minimum Gasteiger partial charge on any atom is -0.352 e. The summed E-state index contributed by atoms with van der Waals surface area (Å²) in [5.41, 5.74) is 2.09. The van der Waals surface area contributed by atoms with E-state index < -0.39 is 0 Å². The summed E-state index contributed by atoms with van der Waals surface area (Å²) in [7, 11) is 0. The van der Waals surface area contributed by atoms with Crippen LogP contribution in [0.5, 0.6) is 0 Å². The van der Waals surface area contributed by atoms with Gasteiger partial charge in [0.2, 0.25) is 11.8 Å². The van der Waals surface area contributed by atoms with Crippen molar-refractivity contribution in [2.75, 3.05) is 11.9 Å². The standard InChI is InChI=1S/C19H17N3O2/c20-14-16-6-9-17(10-7-16)22-19(24)12-13-21-18(23)11-8-15-4-2-1-3-5-15/h1-11H,12-13H2,(H,21,23)(H,22,24)/b11-8+. The van der Waals surface area contributed by atoms with Gasteiger partial charge in [-0.2, -0.15) is 5.26 Å². The monoisotopic (exact) mass is 319 g/mol. The van der Waals surface area contributed by atoms with Crippen molar-refractivity contribution < 1.29 is 9.59 Å². The molecule has 5 heteroatoms. The highest BCUT2D eigenvalue weighted by Gasteiger charge is 2.03. The van der Waals surface area contributed by atoms with E-state index >= 15 is 0 Å². The minimum absolute atomic E-state index is 0.172. The summed E-state index contributed by atoms with van der Waals surface area (Å²) in [4.78, 5) is 23.4. The quantitative estimate of drug-likeness (QED) is 0.803. The third-order valence-electron chi connectivity index (χ3n) is 3.18. The third-order valence-corrected chi connectivity index (χ3v) is 3.18. The van der Waals surface area contributed by atoms with E-state index in [4.69, 9.17) is 5.26 Å². The average Bonchev–Trinajstić information content (AvgIpc) is 2.61. The summed E-state index contributed by atoms with van der Waals surface area (Å²) >= 11 is 0. The number of nitrogens with one attached hydrogen (secondary N) is 2. The molecule has 2 aromatic rings. The van der Waals surface area contributed by atoms with E-state index in [1.54, 1.807) is 30.3 Å². The van der Waals surface area contributed by atoms with E-state index in [0.717, 1.165) is 5.56 Å². The van der Waals surface area contributed by atoms with Gasteiger partial charge >= 0.3 is 0 Å².